The van der Waals surface area contributed by atoms with Crippen molar-refractivity contribution in [1.82, 2.24) is 9.78 Å². The Hall–Kier alpha value is -1.32. The minimum Gasteiger partial charge on any atom is -0.300 e. The van der Waals surface area contributed by atoms with Gasteiger partial charge >= 0.3 is 0 Å². The van der Waals surface area contributed by atoms with E-state index >= 15 is 0 Å². The number of aromatic amines is 1. The van der Waals surface area contributed by atoms with Gasteiger partial charge in [0.2, 0.25) is 0 Å². The van der Waals surface area contributed by atoms with Crippen molar-refractivity contribution in [2.45, 2.75) is 26.7 Å². The van der Waals surface area contributed by atoms with Crippen LogP contribution in [0.4, 0.5) is 0 Å². The molecule has 1 aromatic rings. The molecule has 0 aliphatic carbocycles. The molecule has 0 aliphatic heterocycles. The van der Waals surface area contributed by atoms with Gasteiger partial charge < -0.3 is 4.79 Å². The fraction of sp³-hybridized carbons (Fsp3) is 0.556. The molecule has 0 aromatic carbocycles. The molecular weight excluding hydrogens is 168 g/mol. The molecule has 0 spiro atoms. The third kappa shape index (κ3) is 2.08. The van der Waals surface area contributed by atoms with Crippen LogP contribution in [0.2, 0.25) is 0 Å². The van der Waals surface area contributed by atoms with Crippen LogP contribution in [0, 0.1) is 6.92 Å². The topological polar surface area (TPSA) is 54.9 Å². The number of nitrogens with zero attached hydrogens (tertiary/aromatic N) is 1. The van der Waals surface area contributed by atoms with E-state index in [0.29, 0.717) is 18.4 Å². The van der Waals surface area contributed by atoms with Crippen LogP contribution in [-0.4, -0.2) is 15.6 Å². The summed E-state index contributed by atoms with van der Waals surface area (Å²) in [6.45, 7) is 3.32. The van der Waals surface area contributed by atoms with E-state index in [1.807, 2.05) is 0 Å². The first-order valence-corrected chi connectivity index (χ1v) is 4.26. The molecule has 0 unspecified atom stereocenters. The highest BCUT2D eigenvalue weighted by molar-refractivity contribution is 5.75. The Balaban J connectivity index is 2.84. The standard InChI is InChI=1S/C9H14N2O2/c1-6(12)4-5-8-7(2)9(13)11(3)10-8/h10H,4-5H2,1-3H3. The van der Waals surface area contributed by atoms with E-state index in [2.05, 4.69) is 5.10 Å². The van der Waals surface area contributed by atoms with E-state index in [1.54, 1.807) is 20.9 Å². The van der Waals surface area contributed by atoms with Gasteiger partial charge in [0.1, 0.15) is 5.78 Å². The van der Waals surface area contributed by atoms with Crippen LogP contribution in [0.25, 0.3) is 0 Å². The van der Waals surface area contributed by atoms with Crippen molar-refractivity contribution in [1.29, 1.82) is 0 Å². The summed E-state index contributed by atoms with van der Waals surface area (Å²) >= 11 is 0. The number of aryl methyl sites for hydroxylation is 2. The number of carbonyl (C=O) groups excluding carboxylic acids is 1. The molecule has 1 rings (SSSR count). The lowest BCUT2D eigenvalue weighted by Gasteiger charge is -1.95. The average Bonchev–Trinajstić information content (AvgIpc) is 2.29. The van der Waals surface area contributed by atoms with Gasteiger partial charge in [0, 0.05) is 24.7 Å². The second-order valence-electron chi connectivity index (χ2n) is 3.28. The molecule has 1 N–H and O–H groups in total. The zero-order valence-electron chi connectivity index (χ0n) is 8.18. The lowest BCUT2D eigenvalue weighted by Crippen LogP contribution is -2.12. The molecule has 72 valence electrons. The fourth-order valence-electron chi connectivity index (χ4n) is 1.26. The van der Waals surface area contributed by atoms with E-state index in [9.17, 15) is 9.59 Å². The second-order valence-corrected chi connectivity index (χ2v) is 3.28. The van der Waals surface area contributed by atoms with Gasteiger partial charge in [-0.05, 0) is 20.3 Å². The first-order valence-electron chi connectivity index (χ1n) is 4.26. The largest absolute Gasteiger partial charge is 0.300 e. The van der Waals surface area contributed by atoms with Crippen molar-refractivity contribution in [3.63, 3.8) is 0 Å². The molecule has 0 radical (unpaired) electrons. The summed E-state index contributed by atoms with van der Waals surface area (Å²) < 4.78 is 1.44. The van der Waals surface area contributed by atoms with Crippen molar-refractivity contribution in [3.05, 3.63) is 21.6 Å². The number of hydrogen-bond acceptors (Lipinski definition) is 2. The van der Waals surface area contributed by atoms with Crippen LogP contribution in [-0.2, 0) is 18.3 Å². The Morgan fingerprint density at radius 3 is 2.54 bits per heavy atom. The monoisotopic (exact) mass is 182 g/mol. The van der Waals surface area contributed by atoms with Crippen molar-refractivity contribution in [2.24, 2.45) is 7.05 Å². The molecular formula is C9H14N2O2. The van der Waals surface area contributed by atoms with Gasteiger partial charge in [-0.1, -0.05) is 0 Å². The molecule has 0 aliphatic rings. The lowest BCUT2D eigenvalue weighted by molar-refractivity contribution is -0.116. The molecule has 4 nitrogen and oxygen atoms in total. The second kappa shape index (κ2) is 3.60. The predicted octanol–water partition coefficient (Wildman–Crippen LogP) is 0.543. The minimum absolute atomic E-state index is 0.0152. The highest BCUT2D eigenvalue weighted by atomic mass is 16.1. The molecule has 0 fully saturated rings. The maximum absolute atomic E-state index is 11.3. The number of H-pyrrole nitrogens is 1. The minimum atomic E-state index is -0.0152. The van der Waals surface area contributed by atoms with Crippen LogP contribution < -0.4 is 5.56 Å². The summed E-state index contributed by atoms with van der Waals surface area (Å²) in [5, 5.41) is 2.92. The van der Waals surface area contributed by atoms with Crippen molar-refractivity contribution >= 4 is 5.78 Å². The average molecular weight is 182 g/mol. The number of Topliss-reactive ketones (excluding diaryl/α,β-unsaturated/α-hetero) is 1. The Labute approximate surface area is 76.6 Å². The maximum atomic E-state index is 11.3. The van der Waals surface area contributed by atoms with Gasteiger partial charge in [0.25, 0.3) is 5.56 Å². The van der Waals surface area contributed by atoms with Crippen molar-refractivity contribution < 1.29 is 4.79 Å². The molecule has 0 bridgehead atoms. The van der Waals surface area contributed by atoms with E-state index < -0.39 is 0 Å². The summed E-state index contributed by atoms with van der Waals surface area (Å²) in [6.07, 6.45) is 1.11. The summed E-state index contributed by atoms with van der Waals surface area (Å²) in [5.74, 6) is 0.143. The van der Waals surface area contributed by atoms with Gasteiger partial charge in [-0.25, -0.2) is 0 Å². The number of carbonyl (C=O) groups is 1. The zero-order valence-corrected chi connectivity index (χ0v) is 8.18. The molecule has 0 atom stereocenters. The van der Waals surface area contributed by atoms with Crippen LogP contribution >= 0.6 is 0 Å². The highest BCUT2D eigenvalue weighted by Gasteiger charge is 2.07. The molecule has 1 heterocycles. The van der Waals surface area contributed by atoms with Crippen molar-refractivity contribution in [3.8, 4) is 0 Å². The Kier molecular flexibility index (Phi) is 2.70. The van der Waals surface area contributed by atoms with E-state index in [4.69, 9.17) is 0 Å². The summed E-state index contributed by atoms with van der Waals surface area (Å²) in [7, 11) is 1.67. The molecule has 0 saturated heterocycles. The molecule has 13 heavy (non-hydrogen) atoms. The van der Waals surface area contributed by atoms with Gasteiger partial charge in [0.15, 0.2) is 0 Å². The Bertz CT molecular complexity index is 373. The molecule has 0 amide bonds. The van der Waals surface area contributed by atoms with Crippen LogP contribution in [0.3, 0.4) is 0 Å². The van der Waals surface area contributed by atoms with Gasteiger partial charge in [-0.15, -0.1) is 0 Å². The number of rotatable bonds is 3. The van der Waals surface area contributed by atoms with E-state index in [1.165, 1.54) is 4.68 Å². The fourth-order valence-corrected chi connectivity index (χ4v) is 1.26. The van der Waals surface area contributed by atoms with Crippen LogP contribution in [0.15, 0.2) is 4.79 Å². The van der Waals surface area contributed by atoms with Crippen molar-refractivity contribution in [2.75, 3.05) is 0 Å². The summed E-state index contributed by atoms with van der Waals surface area (Å²) in [5.41, 5.74) is 1.56. The first-order chi connectivity index (χ1) is 6.02. The Morgan fingerprint density at radius 1 is 1.54 bits per heavy atom. The quantitative estimate of drug-likeness (QED) is 0.741. The SMILES string of the molecule is CC(=O)CCc1[nH]n(C)c(=O)c1C. The number of ketones is 1. The molecule has 1 aromatic heterocycles. The van der Waals surface area contributed by atoms with E-state index in [-0.39, 0.29) is 11.3 Å². The zero-order chi connectivity index (χ0) is 10.0. The van der Waals surface area contributed by atoms with Gasteiger partial charge in [-0.2, -0.15) is 0 Å². The third-order valence-corrected chi connectivity index (χ3v) is 2.11. The normalized spacial score (nSPS) is 10.4. The summed E-state index contributed by atoms with van der Waals surface area (Å²) in [6, 6.07) is 0. The Morgan fingerprint density at radius 2 is 2.15 bits per heavy atom. The van der Waals surface area contributed by atoms with Gasteiger partial charge in [0.05, 0.1) is 0 Å². The molecule has 4 heteroatoms. The molecule has 0 saturated carbocycles. The number of aromatic nitrogens is 2. The van der Waals surface area contributed by atoms with Crippen LogP contribution in [0.1, 0.15) is 24.6 Å². The summed E-state index contributed by atoms with van der Waals surface area (Å²) in [4.78, 5) is 22.0. The number of hydrogen-bond donors (Lipinski definition) is 1. The predicted molar refractivity (Wildman–Crippen MR) is 49.8 cm³/mol. The van der Waals surface area contributed by atoms with Crippen LogP contribution in [0.5, 0.6) is 0 Å². The van der Waals surface area contributed by atoms with E-state index in [0.717, 1.165) is 5.69 Å². The van der Waals surface area contributed by atoms with Gasteiger partial charge in [-0.3, -0.25) is 14.6 Å². The lowest BCUT2D eigenvalue weighted by atomic mass is 10.1. The number of nitrogens with one attached hydrogen (secondary N) is 1. The smallest absolute Gasteiger partial charge is 0.269 e. The third-order valence-electron chi connectivity index (χ3n) is 2.11. The highest BCUT2D eigenvalue weighted by Crippen LogP contribution is 2.02. The first kappa shape index (κ1) is 9.77. The maximum Gasteiger partial charge on any atom is 0.269 e.